The van der Waals surface area contributed by atoms with E-state index in [-0.39, 0.29) is 12.3 Å². The van der Waals surface area contributed by atoms with Gasteiger partial charge in [-0.15, -0.1) is 0 Å². The van der Waals surface area contributed by atoms with Gasteiger partial charge in [0, 0.05) is 17.6 Å². The quantitative estimate of drug-likeness (QED) is 0.653. The van der Waals surface area contributed by atoms with Crippen LogP contribution in [0.15, 0.2) is 47.1 Å². The summed E-state index contributed by atoms with van der Waals surface area (Å²) in [4.78, 5) is 30.4. The minimum atomic E-state index is -0.676. The Kier molecular flexibility index (Phi) is 6.28. The van der Waals surface area contributed by atoms with Gasteiger partial charge in [-0.2, -0.15) is 0 Å². The highest BCUT2D eigenvalue weighted by Gasteiger charge is 2.18. The van der Waals surface area contributed by atoms with Crippen molar-refractivity contribution in [2.24, 2.45) is 5.73 Å². The van der Waals surface area contributed by atoms with Crippen molar-refractivity contribution in [2.75, 3.05) is 23.3 Å². The van der Waals surface area contributed by atoms with Gasteiger partial charge < -0.3 is 21.3 Å². The molecule has 1 aromatic carbocycles. The third kappa shape index (κ3) is 5.43. The molecule has 8 heteroatoms. The van der Waals surface area contributed by atoms with E-state index >= 15 is 0 Å². The van der Waals surface area contributed by atoms with Crippen LogP contribution in [-0.2, 0) is 4.79 Å². The van der Waals surface area contributed by atoms with Gasteiger partial charge in [0.05, 0.1) is 24.3 Å². The summed E-state index contributed by atoms with van der Waals surface area (Å²) >= 11 is 3.39. The zero-order valence-corrected chi connectivity index (χ0v) is 16.4. The normalized spacial score (nSPS) is 14.6. The summed E-state index contributed by atoms with van der Waals surface area (Å²) in [6.45, 7) is 2.04. The second kappa shape index (κ2) is 8.85. The molecule has 1 aromatic heterocycles. The van der Waals surface area contributed by atoms with Crippen molar-refractivity contribution in [3.05, 3.63) is 52.6 Å². The zero-order valence-electron chi connectivity index (χ0n) is 14.8. The lowest BCUT2D eigenvalue weighted by Gasteiger charge is -2.19. The number of hydrogen-bond donors (Lipinski definition) is 3. The predicted molar refractivity (Wildman–Crippen MR) is 109 cm³/mol. The molecule has 3 rings (SSSR count). The molecule has 0 bridgehead atoms. The van der Waals surface area contributed by atoms with Gasteiger partial charge in [-0.3, -0.25) is 4.79 Å². The molecule has 0 aliphatic carbocycles. The third-order valence-electron chi connectivity index (χ3n) is 4.42. The van der Waals surface area contributed by atoms with Crippen LogP contribution in [0.1, 0.15) is 30.9 Å². The Morgan fingerprint density at radius 1 is 1.22 bits per heavy atom. The van der Waals surface area contributed by atoms with E-state index in [0.29, 0.717) is 5.69 Å². The van der Waals surface area contributed by atoms with Crippen LogP contribution in [0, 0.1) is 0 Å². The van der Waals surface area contributed by atoms with Gasteiger partial charge in [-0.25, -0.2) is 9.78 Å². The average molecular weight is 432 g/mol. The van der Waals surface area contributed by atoms with Crippen LogP contribution in [0.4, 0.5) is 16.3 Å². The molecule has 1 aliphatic rings. The summed E-state index contributed by atoms with van der Waals surface area (Å²) in [6, 6.07) is 9.96. The number of nitrogens with one attached hydrogen (secondary N) is 2. The number of primary amides is 1. The molecule has 7 nitrogen and oxygen atoms in total. The van der Waals surface area contributed by atoms with Crippen molar-refractivity contribution in [3.8, 4) is 0 Å². The zero-order chi connectivity index (χ0) is 19.2. The number of aromatic nitrogens is 1. The number of nitrogens with two attached hydrogens (primary N) is 1. The lowest BCUT2D eigenvalue weighted by molar-refractivity contribution is -0.116. The van der Waals surface area contributed by atoms with Crippen molar-refractivity contribution in [1.82, 2.24) is 10.3 Å². The molecule has 1 atom stereocenters. The Labute approximate surface area is 166 Å². The second-order valence-electron chi connectivity index (χ2n) is 6.47. The van der Waals surface area contributed by atoms with Crippen LogP contribution in [-0.4, -0.2) is 30.0 Å². The summed E-state index contributed by atoms with van der Waals surface area (Å²) in [7, 11) is 0. The second-order valence-corrected chi connectivity index (χ2v) is 7.38. The number of carbonyl (C=O) groups excluding carboxylic acids is 2. The summed E-state index contributed by atoms with van der Waals surface area (Å²) in [6.07, 6.45) is 4.09. The molecule has 0 spiro atoms. The first-order valence-electron chi connectivity index (χ1n) is 8.83. The van der Waals surface area contributed by atoms with Gasteiger partial charge >= 0.3 is 6.03 Å². The van der Waals surface area contributed by atoms with Crippen LogP contribution >= 0.6 is 15.9 Å². The Bertz CT molecular complexity index is 806. The van der Waals surface area contributed by atoms with Crippen molar-refractivity contribution in [1.29, 1.82) is 0 Å². The van der Waals surface area contributed by atoms with Crippen molar-refractivity contribution in [2.45, 2.75) is 25.3 Å². The molecule has 4 N–H and O–H groups in total. The number of anilines is 2. The Morgan fingerprint density at radius 2 is 2.00 bits per heavy atom. The average Bonchev–Trinajstić information content (AvgIpc) is 3.16. The summed E-state index contributed by atoms with van der Waals surface area (Å²) in [5, 5.41) is 5.45. The van der Waals surface area contributed by atoms with Crippen LogP contribution in [0.3, 0.4) is 0 Å². The van der Waals surface area contributed by atoms with Gasteiger partial charge in [0.2, 0.25) is 5.91 Å². The minimum Gasteiger partial charge on any atom is -0.357 e. The Hall–Kier alpha value is -2.61. The third-order valence-corrected chi connectivity index (χ3v) is 4.91. The minimum absolute atomic E-state index is 0.0628. The summed E-state index contributed by atoms with van der Waals surface area (Å²) in [5.41, 5.74) is 6.68. The van der Waals surface area contributed by atoms with Crippen LogP contribution in [0.25, 0.3) is 0 Å². The first kappa shape index (κ1) is 19.2. The first-order valence-corrected chi connectivity index (χ1v) is 9.63. The Balaban J connectivity index is 1.64. The number of urea groups is 1. The maximum Gasteiger partial charge on any atom is 0.312 e. The SMILES string of the molecule is NC(=O)NC(CC(=O)Nc1ccc(N2CCCC2)nc1)c1cccc(Br)c1. The van der Waals surface area contributed by atoms with E-state index in [9.17, 15) is 9.59 Å². The fourth-order valence-corrected chi connectivity index (χ4v) is 3.55. The molecule has 3 amide bonds. The first-order chi connectivity index (χ1) is 13.0. The van der Waals surface area contributed by atoms with Crippen molar-refractivity contribution in [3.63, 3.8) is 0 Å². The fourth-order valence-electron chi connectivity index (χ4n) is 3.14. The lowest BCUT2D eigenvalue weighted by Crippen LogP contribution is -2.35. The maximum absolute atomic E-state index is 12.5. The van der Waals surface area contributed by atoms with E-state index in [2.05, 4.69) is 36.4 Å². The van der Waals surface area contributed by atoms with Gasteiger partial charge in [-0.05, 0) is 42.7 Å². The largest absolute Gasteiger partial charge is 0.357 e. The van der Waals surface area contributed by atoms with Crippen molar-refractivity contribution >= 4 is 39.4 Å². The van der Waals surface area contributed by atoms with Gasteiger partial charge in [-0.1, -0.05) is 28.1 Å². The van der Waals surface area contributed by atoms with E-state index in [1.165, 1.54) is 12.8 Å². The molecule has 142 valence electrons. The molecule has 1 saturated heterocycles. The molecule has 27 heavy (non-hydrogen) atoms. The van der Waals surface area contributed by atoms with E-state index in [4.69, 9.17) is 5.73 Å². The number of hydrogen-bond acceptors (Lipinski definition) is 4. The number of carbonyl (C=O) groups is 2. The number of pyridine rings is 1. The maximum atomic E-state index is 12.5. The van der Waals surface area contributed by atoms with Crippen LogP contribution < -0.4 is 21.3 Å². The number of amides is 3. The number of nitrogens with zero attached hydrogens (tertiary/aromatic N) is 2. The summed E-state index contributed by atoms with van der Waals surface area (Å²) < 4.78 is 0.860. The molecular weight excluding hydrogens is 410 g/mol. The van der Waals surface area contributed by atoms with Crippen LogP contribution in [0.2, 0.25) is 0 Å². The van der Waals surface area contributed by atoms with E-state index in [0.717, 1.165) is 28.9 Å². The van der Waals surface area contributed by atoms with E-state index < -0.39 is 12.1 Å². The highest BCUT2D eigenvalue weighted by molar-refractivity contribution is 9.10. The van der Waals surface area contributed by atoms with Crippen LogP contribution in [0.5, 0.6) is 0 Å². The molecule has 1 unspecified atom stereocenters. The van der Waals surface area contributed by atoms with Crippen molar-refractivity contribution < 1.29 is 9.59 Å². The predicted octanol–water partition coefficient (Wildman–Crippen LogP) is 3.18. The standard InChI is InChI=1S/C19H22BrN5O2/c20-14-5-3-4-13(10-14)16(24-19(21)27)11-18(26)23-15-6-7-17(22-12-15)25-8-1-2-9-25/h3-7,10,12,16H,1-2,8-9,11H2,(H,23,26)(H3,21,24,27). The topological polar surface area (TPSA) is 100 Å². The lowest BCUT2D eigenvalue weighted by atomic mass is 10.0. The highest BCUT2D eigenvalue weighted by atomic mass is 79.9. The fraction of sp³-hybridized carbons (Fsp3) is 0.316. The van der Waals surface area contributed by atoms with E-state index in [1.54, 1.807) is 6.20 Å². The monoisotopic (exact) mass is 431 g/mol. The molecule has 0 saturated carbocycles. The van der Waals surface area contributed by atoms with Gasteiger partial charge in [0.25, 0.3) is 0 Å². The van der Waals surface area contributed by atoms with E-state index in [1.807, 2.05) is 36.4 Å². The number of halogens is 1. The number of benzene rings is 1. The Morgan fingerprint density at radius 3 is 2.63 bits per heavy atom. The molecule has 1 fully saturated rings. The number of rotatable bonds is 6. The molecule has 2 heterocycles. The molecule has 2 aromatic rings. The smallest absolute Gasteiger partial charge is 0.312 e. The molecular formula is C19H22BrN5O2. The molecule has 0 radical (unpaired) electrons. The summed E-state index contributed by atoms with van der Waals surface area (Å²) in [5.74, 6) is 0.692. The van der Waals surface area contributed by atoms with Gasteiger partial charge in [0.1, 0.15) is 5.82 Å². The van der Waals surface area contributed by atoms with Gasteiger partial charge in [0.15, 0.2) is 0 Å². The highest BCUT2D eigenvalue weighted by Crippen LogP contribution is 2.22. The molecule has 1 aliphatic heterocycles.